The summed E-state index contributed by atoms with van der Waals surface area (Å²) in [5, 5.41) is 0. The molecule has 3 rings (SSSR count). The Morgan fingerprint density at radius 1 is 1.10 bits per heavy atom. The van der Waals surface area contributed by atoms with Crippen LogP contribution in [-0.2, 0) is 16.1 Å². The fourth-order valence-electron chi connectivity index (χ4n) is 3.72. The number of likely N-dealkylation sites (tertiary alicyclic amines) is 1. The van der Waals surface area contributed by atoms with E-state index in [0.29, 0.717) is 12.2 Å². The minimum absolute atomic E-state index is 0.0676. The molecular weight excluding hydrogens is 370 g/mol. The van der Waals surface area contributed by atoms with Crippen molar-refractivity contribution in [1.82, 2.24) is 9.47 Å². The highest BCUT2D eigenvalue weighted by atomic mass is 16.5. The number of rotatable bonds is 7. The van der Waals surface area contributed by atoms with Crippen molar-refractivity contribution in [3.63, 3.8) is 0 Å². The van der Waals surface area contributed by atoms with Crippen LogP contribution in [0, 0.1) is 0 Å². The molecule has 2 N–H and O–H groups in total. The third-order valence-electron chi connectivity index (χ3n) is 5.19. The number of nitrogens with two attached hydrogens (primary N) is 1. The second-order valence-corrected chi connectivity index (χ2v) is 7.34. The number of nitrogens with zero attached hydrogens (tertiary/aromatic N) is 2. The van der Waals surface area contributed by atoms with Crippen molar-refractivity contribution in [2.24, 2.45) is 5.73 Å². The van der Waals surface area contributed by atoms with Gasteiger partial charge in [-0.05, 0) is 31.5 Å². The first-order valence-corrected chi connectivity index (χ1v) is 9.94. The van der Waals surface area contributed by atoms with Crippen LogP contribution in [0.25, 0.3) is 0 Å². The van der Waals surface area contributed by atoms with Gasteiger partial charge in [0.25, 0.3) is 5.91 Å². The third kappa shape index (κ3) is 5.32. The van der Waals surface area contributed by atoms with Gasteiger partial charge >= 0.3 is 5.97 Å². The smallest absolute Gasteiger partial charge is 0.303 e. The van der Waals surface area contributed by atoms with E-state index in [2.05, 4.69) is 4.90 Å². The van der Waals surface area contributed by atoms with Gasteiger partial charge in [-0.1, -0.05) is 36.8 Å². The van der Waals surface area contributed by atoms with Gasteiger partial charge in [-0.2, -0.15) is 0 Å². The summed E-state index contributed by atoms with van der Waals surface area (Å²) in [7, 11) is 0. The maximum Gasteiger partial charge on any atom is 0.303 e. The fourth-order valence-corrected chi connectivity index (χ4v) is 3.72. The molecule has 29 heavy (non-hydrogen) atoms. The predicted octanol–water partition coefficient (Wildman–Crippen LogP) is 2.09. The van der Waals surface area contributed by atoms with Crippen molar-refractivity contribution >= 4 is 11.9 Å². The Kier molecular flexibility index (Phi) is 6.82. The number of carbonyl (C=O) groups excluding carboxylic acids is 2. The minimum atomic E-state index is -0.767. The molecule has 1 atom stereocenters. The lowest BCUT2D eigenvalue weighted by Gasteiger charge is -2.28. The molecule has 154 valence electrons. The van der Waals surface area contributed by atoms with Gasteiger partial charge in [-0.15, -0.1) is 0 Å². The van der Waals surface area contributed by atoms with Crippen molar-refractivity contribution in [2.75, 3.05) is 19.6 Å². The van der Waals surface area contributed by atoms with E-state index >= 15 is 0 Å². The molecule has 1 aromatic carbocycles. The summed E-state index contributed by atoms with van der Waals surface area (Å²) in [6.45, 7) is 4.73. The van der Waals surface area contributed by atoms with Crippen LogP contribution in [0.1, 0.15) is 53.9 Å². The molecule has 7 heteroatoms. The van der Waals surface area contributed by atoms with Crippen molar-refractivity contribution in [3.8, 4) is 0 Å². The molecule has 0 aliphatic carbocycles. The lowest BCUT2D eigenvalue weighted by molar-refractivity contribution is -0.145. The number of pyridine rings is 1. The molecule has 2 heterocycles. The monoisotopic (exact) mass is 397 g/mol. The first-order valence-electron chi connectivity index (χ1n) is 9.94. The molecule has 0 saturated carbocycles. The zero-order valence-corrected chi connectivity index (χ0v) is 16.7. The van der Waals surface area contributed by atoms with Gasteiger partial charge < -0.3 is 19.9 Å². The number of amides is 1. The summed E-state index contributed by atoms with van der Waals surface area (Å²) in [4.78, 5) is 38.4. The maximum atomic E-state index is 12.5. The quantitative estimate of drug-likeness (QED) is 0.722. The van der Waals surface area contributed by atoms with Crippen LogP contribution >= 0.6 is 0 Å². The Hall–Kier alpha value is -2.93. The average molecular weight is 397 g/mol. The number of ether oxygens (including phenoxy) is 1. The molecule has 1 aliphatic rings. The van der Waals surface area contributed by atoms with Crippen LogP contribution in [0.2, 0.25) is 0 Å². The molecule has 0 radical (unpaired) electrons. The Morgan fingerprint density at radius 3 is 2.41 bits per heavy atom. The summed E-state index contributed by atoms with van der Waals surface area (Å²) < 4.78 is 7.40. The molecule has 0 unspecified atom stereocenters. The molecule has 7 nitrogen and oxygen atoms in total. The second-order valence-electron chi connectivity index (χ2n) is 7.34. The van der Waals surface area contributed by atoms with E-state index in [1.807, 2.05) is 34.9 Å². The topological polar surface area (TPSA) is 94.6 Å². The van der Waals surface area contributed by atoms with Crippen LogP contribution in [0.5, 0.6) is 0 Å². The third-order valence-corrected chi connectivity index (χ3v) is 5.19. The molecular formula is C22H27N3O4. The molecule has 0 bridgehead atoms. The molecule has 1 aromatic heterocycles. The average Bonchev–Trinajstić information content (AvgIpc) is 2.72. The molecule has 2 aromatic rings. The van der Waals surface area contributed by atoms with Crippen molar-refractivity contribution in [1.29, 1.82) is 0 Å². The summed E-state index contributed by atoms with van der Waals surface area (Å²) in [5.74, 6) is -1.22. The Balaban J connectivity index is 2.01. The largest absolute Gasteiger partial charge is 0.451 e. The van der Waals surface area contributed by atoms with E-state index in [1.165, 1.54) is 38.4 Å². The number of esters is 1. The van der Waals surface area contributed by atoms with Gasteiger partial charge in [0.1, 0.15) is 5.56 Å². The summed E-state index contributed by atoms with van der Waals surface area (Å²) in [6.07, 6.45) is 4.33. The number of carbonyl (C=O) groups is 2. The zero-order valence-electron chi connectivity index (χ0n) is 16.7. The highest BCUT2D eigenvalue weighted by molar-refractivity contribution is 5.92. The lowest BCUT2D eigenvalue weighted by atomic mass is 10.0. The number of hydrogen-bond donors (Lipinski definition) is 1. The predicted molar refractivity (Wildman–Crippen MR) is 110 cm³/mol. The van der Waals surface area contributed by atoms with E-state index in [1.54, 1.807) is 0 Å². The molecule has 1 saturated heterocycles. The first kappa shape index (κ1) is 20.8. The van der Waals surface area contributed by atoms with Crippen LogP contribution in [0.4, 0.5) is 0 Å². The summed E-state index contributed by atoms with van der Waals surface area (Å²) >= 11 is 0. The fraction of sp³-hybridized carbons (Fsp3) is 0.409. The highest BCUT2D eigenvalue weighted by Crippen LogP contribution is 2.26. The molecule has 1 amide bonds. The number of benzene rings is 1. The van der Waals surface area contributed by atoms with Crippen LogP contribution < -0.4 is 11.2 Å². The standard InChI is InChI=1S/C22H27N3O4/c1-16(26)29-21(17-8-4-2-5-9-17)19-14-20(27)18(22(23)28)15-25(19)13-12-24-10-6-3-7-11-24/h2,4-5,8-9,14-15,21H,3,6-7,10-13H2,1H3,(H2,23,28)/t21-/m0/s1. The van der Waals surface area contributed by atoms with E-state index < -0.39 is 23.4 Å². The maximum absolute atomic E-state index is 12.5. The number of primary amides is 1. The van der Waals surface area contributed by atoms with E-state index in [-0.39, 0.29) is 5.56 Å². The van der Waals surface area contributed by atoms with Gasteiger partial charge in [-0.25, -0.2) is 0 Å². The van der Waals surface area contributed by atoms with Crippen molar-refractivity contribution < 1.29 is 14.3 Å². The van der Waals surface area contributed by atoms with Crippen LogP contribution in [0.3, 0.4) is 0 Å². The van der Waals surface area contributed by atoms with Gasteiger partial charge in [0.15, 0.2) is 11.5 Å². The number of hydrogen-bond acceptors (Lipinski definition) is 5. The molecule has 0 spiro atoms. The lowest BCUT2D eigenvalue weighted by Crippen LogP contribution is -2.34. The van der Waals surface area contributed by atoms with Crippen LogP contribution in [-0.4, -0.2) is 41.0 Å². The Morgan fingerprint density at radius 2 is 1.79 bits per heavy atom. The first-order chi connectivity index (χ1) is 14.0. The summed E-state index contributed by atoms with van der Waals surface area (Å²) in [6, 6.07) is 10.6. The minimum Gasteiger partial charge on any atom is -0.451 e. The summed E-state index contributed by atoms with van der Waals surface area (Å²) in [5.41, 5.74) is 6.12. The number of piperidine rings is 1. The van der Waals surface area contributed by atoms with E-state index in [9.17, 15) is 14.4 Å². The second kappa shape index (κ2) is 9.52. The van der Waals surface area contributed by atoms with E-state index in [4.69, 9.17) is 10.5 Å². The zero-order chi connectivity index (χ0) is 20.8. The normalized spacial score (nSPS) is 15.6. The van der Waals surface area contributed by atoms with Crippen molar-refractivity contribution in [2.45, 2.75) is 38.8 Å². The SMILES string of the molecule is CC(=O)O[C@@H](c1ccccc1)c1cc(=O)c(C(N)=O)cn1CCN1CCCCC1. The Labute approximate surface area is 170 Å². The van der Waals surface area contributed by atoms with Crippen LogP contribution in [0.15, 0.2) is 47.4 Å². The highest BCUT2D eigenvalue weighted by Gasteiger charge is 2.23. The van der Waals surface area contributed by atoms with Crippen molar-refractivity contribution in [3.05, 3.63) is 69.6 Å². The molecule has 1 aliphatic heterocycles. The van der Waals surface area contributed by atoms with Gasteiger partial charge in [-0.3, -0.25) is 14.4 Å². The Bertz CT molecular complexity index is 917. The van der Waals surface area contributed by atoms with Gasteiger partial charge in [0.2, 0.25) is 0 Å². The molecule has 1 fully saturated rings. The van der Waals surface area contributed by atoms with E-state index in [0.717, 1.165) is 25.2 Å². The number of aromatic nitrogens is 1. The van der Waals surface area contributed by atoms with Gasteiger partial charge in [0, 0.05) is 32.3 Å². The van der Waals surface area contributed by atoms with Gasteiger partial charge in [0.05, 0.1) is 5.69 Å².